The minimum Gasteiger partial charge on any atom is -0.447 e. The summed E-state index contributed by atoms with van der Waals surface area (Å²) in [4.78, 5) is 44.0. The summed E-state index contributed by atoms with van der Waals surface area (Å²) < 4.78 is 5.76. The molecule has 3 heterocycles. The van der Waals surface area contributed by atoms with Crippen LogP contribution in [0, 0.1) is 5.92 Å². The highest BCUT2D eigenvalue weighted by Crippen LogP contribution is 2.47. The van der Waals surface area contributed by atoms with E-state index in [-0.39, 0.29) is 37.6 Å². The molecule has 3 aliphatic rings. The van der Waals surface area contributed by atoms with Crippen molar-refractivity contribution in [1.82, 2.24) is 4.90 Å². The standard InChI is InChI=1S/C34H34BrN3O6/c1-22(5-4-8-31(40)37-20-25-7-3-2-6-24(25)17-28(37)21-39)34(43)29-18-26(35)11-14-30(29)38(32(34)41)19-23-9-12-27(13-10-23)36-15-16-44-33(36)42/h2-7,9-14,18,22,28,39,43H,8,15-17,19-21H2,1H3/b5-4+/t22-,28+,34+/m1/s1. The van der Waals surface area contributed by atoms with E-state index in [1.165, 1.54) is 0 Å². The Kier molecular flexibility index (Phi) is 8.32. The van der Waals surface area contributed by atoms with Crippen molar-refractivity contribution in [3.8, 4) is 0 Å². The number of ether oxygens (including phenoxy) is 1. The van der Waals surface area contributed by atoms with Crippen molar-refractivity contribution in [2.24, 2.45) is 5.92 Å². The number of cyclic esters (lactones) is 1. The number of halogens is 1. The smallest absolute Gasteiger partial charge is 0.414 e. The van der Waals surface area contributed by atoms with Gasteiger partial charge in [-0.3, -0.25) is 14.5 Å². The zero-order chi connectivity index (χ0) is 31.0. The highest BCUT2D eigenvalue weighted by atomic mass is 79.9. The quantitative estimate of drug-likeness (QED) is 0.340. The van der Waals surface area contributed by atoms with E-state index in [9.17, 15) is 24.6 Å². The van der Waals surface area contributed by atoms with E-state index in [0.717, 1.165) is 26.9 Å². The van der Waals surface area contributed by atoms with E-state index in [0.29, 0.717) is 37.4 Å². The lowest BCUT2D eigenvalue weighted by Crippen LogP contribution is -2.46. The predicted molar refractivity (Wildman–Crippen MR) is 169 cm³/mol. The van der Waals surface area contributed by atoms with Gasteiger partial charge >= 0.3 is 6.09 Å². The van der Waals surface area contributed by atoms with Gasteiger partial charge in [0.15, 0.2) is 5.60 Å². The monoisotopic (exact) mass is 659 g/mol. The Morgan fingerprint density at radius 3 is 2.57 bits per heavy atom. The molecular weight excluding hydrogens is 626 g/mol. The minimum atomic E-state index is -1.84. The summed E-state index contributed by atoms with van der Waals surface area (Å²) in [7, 11) is 0. The van der Waals surface area contributed by atoms with Crippen LogP contribution in [0.5, 0.6) is 0 Å². The van der Waals surface area contributed by atoms with Crippen LogP contribution in [0.2, 0.25) is 0 Å². The average Bonchev–Trinajstić information content (AvgIpc) is 3.55. The Morgan fingerprint density at radius 2 is 1.86 bits per heavy atom. The first kappa shape index (κ1) is 30.1. The normalized spacial score (nSPS) is 21.9. The van der Waals surface area contributed by atoms with Crippen molar-refractivity contribution in [2.45, 2.75) is 44.5 Å². The Labute approximate surface area is 264 Å². The number of benzene rings is 3. The molecule has 2 N–H and O–H groups in total. The molecule has 3 amide bonds. The summed E-state index contributed by atoms with van der Waals surface area (Å²) in [6, 6.07) is 20.4. The minimum absolute atomic E-state index is 0.0826. The van der Waals surface area contributed by atoms with Crippen LogP contribution in [0.3, 0.4) is 0 Å². The zero-order valence-corrected chi connectivity index (χ0v) is 25.9. The van der Waals surface area contributed by atoms with Crippen molar-refractivity contribution in [1.29, 1.82) is 0 Å². The highest BCUT2D eigenvalue weighted by molar-refractivity contribution is 9.10. The molecule has 0 spiro atoms. The van der Waals surface area contributed by atoms with Gasteiger partial charge in [-0.1, -0.05) is 71.4 Å². The van der Waals surface area contributed by atoms with Gasteiger partial charge in [0.2, 0.25) is 5.91 Å². The van der Waals surface area contributed by atoms with Crippen molar-refractivity contribution < 1.29 is 29.3 Å². The molecule has 6 rings (SSSR count). The summed E-state index contributed by atoms with van der Waals surface area (Å²) in [5.74, 6) is -1.21. The number of amides is 3. The highest BCUT2D eigenvalue weighted by Gasteiger charge is 2.52. The molecular formula is C34H34BrN3O6. The fraction of sp³-hybridized carbons (Fsp3) is 0.324. The van der Waals surface area contributed by atoms with Gasteiger partial charge in [-0.2, -0.15) is 0 Å². The molecule has 3 atom stereocenters. The summed E-state index contributed by atoms with van der Waals surface area (Å²) in [5, 5.41) is 22.0. The summed E-state index contributed by atoms with van der Waals surface area (Å²) >= 11 is 3.49. The van der Waals surface area contributed by atoms with Crippen molar-refractivity contribution in [3.63, 3.8) is 0 Å². The number of nitrogens with zero attached hydrogens (tertiary/aromatic N) is 3. The van der Waals surface area contributed by atoms with Crippen molar-refractivity contribution in [3.05, 3.63) is 106 Å². The molecule has 0 bridgehead atoms. The van der Waals surface area contributed by atoms with Crippen LogP contribution in [-0.4, -0.2) is 58.8 Å². The third kappa shape index (κ3) is 5.42. The maximum Gasteiger partial charge on any atom is 0.414 e. The van der Waals surface area contributed by atoms with E-state index < -0.39 is 17.4 Å². The number of aliphatic hydroxyl groups is 2. The molecule has 3 aliphatic heterocycles. The van der Waals surface area contributed by atoms with E-state index in [2.05, 4.69) is 15.9 Å². The predicted octanol–water partition coefficient (Wildman–Crippen LogP) is 4.67. The topological polar surface area (TPSA) is 111 Å². The molecule has 228 valence electrons. The first-order valence-corrected chi connectivity index (χ1v) is 15.5. The summed E-state index contributed by atoms with van der Waals surface area (Å²) in [5.41, 5.74) is 3.04. The third-order valence-electron chi connectivity index (χ3n) is 8.84. The lowest BCUT2D eigenvalue weighted by Gasteiger charge is -2.36. The van der Waals surface area contributed by atoms with E-state index in [1.54, 1.807) is 39.8 Å². The Bertz CT molecular complexity index is 1630. The number of carbonyl (C=O) groups excluding carboxylic acids is 3. The Hall–Kier alpha value is -3.99. The number of fused-ring (bicyclic) bond motifs is 2. The van der Waals surface area contributed by atoms with Crippen LogP contribution >= 0.6 is 15.9 Å². The number of hydrogen-bond donors (Lipinski definition) is 2. The molecule has 10 heteroatoms. The van der Waals surface area contributed by atoms with Crippen LogP contribution in [0.4, 0.5) is 16.2 Å². The van der Waals surface area contributed by atoms with Gasteiger partial charge in [0.25, 0.3) is 5.91 Å². The second-order valence-corrected chi connectivity index (χ2v) is 12.4. The number of aliphatic hydroxyl groups excluding tert-OH is 1. The number of anilines is 2. The molecule has 1 saturated heterocycles. The number of rotatable bonds is 8. The molecule has 3 aromatic rings. The summed E-state index contributed by atoms with van der Waals surface area (Å²) in [6.07, 6.45) is 3.73. The molecule has 44 heavy (non-hydrogen) atoms. The lowest BCUT2D eigenvalue weighted by molar-refractivity contribution is -0.139. The van der Waals surface area contributed by atoms with Crippen molar-refractivity contribution in [2.75, 3.05) is 29.6 Å². The molecule has 0 radical (unpaired) electrons. The van der Waals surface area contributed by atoms with Gasteiger partial charge in [0, 0.05) is 34.6 Å². The Morgan fingerprint density at radius 1 is 1.11 bits per heavy atom. The van der Waals surface area contributed by atoms with Crippen LogP contribution in [-0.2, 0) is 39.4 Å². The lowest BCUT2D eigenvalue weighted by atomic mass is 9.83. The fourth-order valence-electron chi connectivity index (χ4n) is 6.34. The second kappa shape index (κ2) is 12.2. The van der Waals surface area contributed by atoms with Crippen LogP contribution in [0.1, 0.15) is 35.6 Å². The van der Waals surface area contributed by atoms with Crippen LogP contribution in [0.25, 0.3) is 0 Å². The first-order chi connectivity index (χ1) is 21.2. The van der Waals surface area contributed by atoms with E-state index in [1.807, 2.05) is 60.7 Å². The maximum absolute atomic E-state index is 14.0. The molecule has 1 fully saturated rings. The maximum atomic E-state index is 14.0. The number of hydrogen-bond acceptors (Lipinski definition) is 6. The molecule has 9 nitrogen and oxygen atoms in total. The summed E-state index contributed by atoms with van der Waals surface area (Å²) in [6.45, 7) is 3.15. The molecule has 0 aromatic heterocycles. The molecule has 0 unspecified atom stereocenters. The van der Waals surface area contributed by atoms with Gasteiger partial charge < -0.3 is 24.7 Å². The van der Waals surface area contributed by atoms with E-state index in [4.69, 9.17) is 4.74 Å². The zero-order valence-electron chi connectivity index (χ0n) is 24.4. The van der Waals surface area contributed by atoms with Crippen LogP contribution in [0.15, 0.2) is 83.4 Å². The van der Waals surface area contributed by atoms with Gasteiger partial charge in [-0.15, -0.1) is 0 Å². The van der Waals surface area contributed by atoms with Gasteiger partial charge in [-0.05, 0) is 53.4 Å². The molecule has 0 aliphatic carbocycles. The molecule has 0 saturated carbocycles. The SMILES string of the molecule is C[C@H](/C=C/CC(=O)N1Cc2ccccc2C[C@H]1CO)[C@@]1(O)C(=O)N(Cc2ccc(N3CCOC3=O)cc2)c2ccc(Br)cc21. The van der Waals surface area contributed by atoms with Crippen LogP contribution < -0.4 is 9.80 Å². The van der Waals surface area contributed by atoms with Gasteiger partial charge in [0.1, 0.15) is 6.61 Å². The van der Waals surface area contributed by atoms with E-state index >= 15 is 0 Å². The average molecular weight is 661 g/mol. The fourth-order valence-corrected chi connectivity index (χ4v) is 6.70. The second-order valence-electron chi connectivity index (χ2n) is 11.5. The third-order valence-corrected chi connectivity index (χ3v) is 9.34. The Balaban J connectivity index is 1.18. The molecule has 3 aromatic carbocycles. The first-order valence-electron chi connectivity index (χ1n) is 14.7. The largest absolute Gasteiger partial charge is 0.447 e. The number of carbonyl (C=O) groups is 3. The van der Waals surface area contributed by atoms with Crippen molar-refractivity contribution >= 4 is 45.2 Å². The van der Waals surface area contributed by atoms with Gasteiger partial charge in [-0.25, -0.2) is 4.79 Å². The van der Waals surface area contributed by atoms with Gasteiger partial charge in [0.05, 0.1) is 31.4 Å².